The summed E-state index contributed by atoms with van der Waals surface area (Å²) >= 11 is 0. The molecule has 0 atom stereocenters. The lowest BCUT2D eigenvalue weighted by atomic mass is 10.1. The molecule has 0 amide bonds. The Morgan fingerprint density at radius 1 is 1.00 bits per heavy atom. The van der Waals surface area contributed by atoms with Gasteiger partial charge in [0.15, 0.2) is 11.5 Å². The number of pyridine rings is 1. The van der Waals surface area contributed by atoms with E-state index in [0.29, 0.717) is 0 Å². The number of hydrogen-bond donors (Lipinski definition) is 1. The average Bonchev–Trinajstić information content (AvgIpc) is 3.13. The number of benzene rings is 1. The molecule has 0 spiro atoms. The molecule has 6 nitrogen and oxygen atoms in total. The Kier molecular flexibility index (Phi) is 5.18. The van der Waals surface area contributed by atoms with Gasteiger partial charge in [-0.2, -0.15) is 18.3 Å². The van der Waals surface area contributed by atoms with E-state index in [2.05, 4.69) is 25.4 Å². The third-order valence-electron chi connectivity index (χ3n) is 4.32. The monoisotopic (exact) mass is 410 g/mol. The molecule has 0 bridgehead atoms. The smallest absolute Gasteiger partial charge is 0.366 e. The van der Waals surface area contributed by atoms with E-state index in [4.69, 9.17) is 0 Å². The first-order valence-electron chi connectivity index (χ1n) is 9.09. The predicted molar refractivity (Wildman–Crippen MR) is 106 cm³/mol. The summed E-state index contributed by atoms with van der Waals surface area (Å²) in [6, 6.07) is 15.4. The van der Waals surface area contributed by atoms with Crippen molar-refractivity contribution in [3.63, 3.8) is 0 Å². The molecule has 3 heterocycles. The van der Waals surface area contributed by atoms with Gasteiger partial charge in [0, 0.05) is 43.2 Å². The fourth-order valence-corrected chi connectivity index (χ4v) is 2.98. The van der Waals surface area contributed by atoms with E-state index >= 15 is 0 Å². The van der Waals surface area contributed by atoms with Gasteiger partial charge in [-0.05, 0) is 12.1 Å². The Bertz CT molecular complexity index is 1140. The lowest BCUT2D eigenvalue weighted by molar-refractivity contribution is -0.141. The lowest BCUT2D eigenvalue weighted by Gasteiger charge is -2.12. The summed E-state index contributed by atoms with van der Waals surface area (Å²) < 4.78 is 41.8. The Morgan fingerprint density at radius 2 is 1.77 bits per heavy atom. The molecule has 30 heavy (non-hydrogen) atoms. The fraction of sp³-hybridized carbons (Fsp3) is 0.143. The highest BCUT2D eigenvalue weighted by atomic mass is 19.4. The van der Waals surface area contributed by atoms with Crippen LogP contribution in [-0.2, 0) is 19.8 Å². The second kappa shape index (κ2) is 7.94. The fourth-order valence-electron chi connectivity index (χ4n) is 2.98. The van der Waals surface area contributed by atoms with Gasteiger partial charge >= 0.3 is 6.18 Å². The Balaban J connectivity index is 1.66. The Morgan fingerprint density at radius 3 is 2.47 bits per heavy atom. The maximum absolute atomic E-state index is 13.4. The van der Waals surface area contributed by atoms with Crippen LogP contribution in [0.5, 0.6) is 0 Å². The van der Waals surface area contributed by atoms with E-state index in [1.165, 1.54) is 6.20 Å². The zero-order valence-electron chi connectivity index (χ0n) is 15.9. The van der Waals surface area contributed by atoms with Crippen LogP contribution in [0.1, 0.15) is 11.3 Å². The summed E-state index contributed by atoms with van der Waals surface area (Å²) in [5.41, 5.74) is 1.73. The van der Waals surface area contributed by atoms with Crippen molar-refractivity contribution in [2.45, 2.75) is 12.7 Å². The summed E-state index contributed by atoms with van der Waals surface area (Å²) in [6.07, 6.45) is -1.30. The van der Waals surface area contributed by atoms with E-state index in [1.807, 2.05) is 36.5 Å². The van der Waals surface area contributed by atoms with Crippen LogP contribution >= 0.6 is 0 Å². The zero-order chi connectivity index (χ0) is 21.1. The number of halogens is 3. The summed E-state index contributed by atoms with van der Waals surface area (Å²) in [7, 11) is 1.79. The van der Waals surface area contributed by atoms with Crippen LogP contribution < -0.4 is 5.32 Å². The molecule has 0 fully saturated rings. The van der Waals surface area contributed by atoms with E-state index in [9.17, 15) is 13.2 Å². The van der Waals surface area contributed by atoms with Gasteiger partial charge in [0.05, 0.1) is 5.69 Å². The maximum Gasteiger partial charge on any atom is 0.433 e. The Labute approximate surface area is 170 Å². The molecule has 4 rings (SSSR count). The van der Waals surface area contributed by atoms with Crippen molar-refractivity contribution in [1.82, 2.24) is 24.7 Å². The molecule has 0 unspecified atom stereocenters. The minimum absolute atomic E-state index is 0.0563. The van der Waals surface area contributed by atoms with E-state index < -0.39 is 11.9 Å². The molecule has 1 aromatic carbocycles. The van der Waals surface area contributed by atoms with Crippen molar-refractivity contribution in [2.75, 3.05) is 5.32 Å². The predicted octanol–water partition coefficient (Wildman–Crippen LogP) is 4.57. The van der Waals surface area contributed by atoms with Crippen molar-refractivity contribution in [3.05, 3.63) is 78.2 Å². The van der Waals surface area contributed by atoms with Crippen LogP contribution in [0.4, 0.5) is 19.0 Å². The minimum Gasteiger partial charge on any atom is -0.366 e. The number of hydrogen-bond acceptors (Lipinski definition) is 5. The number of rotatable bonds is 5. The van der Waals surface area contributed by atoms with E-state index in [1.54, 1.807) is 29.9 Å². The van der Waals surface area contributed by atoms with Crippen molar-refractivity contribution in [3.8, 4) is 22.8 Å². The molecule has 0 aliphatic carbocycles. The van der Waals surface area contributed by atoms with Crippen LogP contribution in [0.2, 0.25) is 0 Å². The highest BCUT2D eigenvalue weighted by molar-refractivity contribution is 5.63. The molecule has 0 saturated carbocycles. The average molecular weight is 410 g/mol. The van der Waals surface area contributed by atoms with Crippen LogP contribution in [0, 0.1) is 0 Å². The molecule has 0 saturated heterocycles. The summed E-state index contributed by atoms with van der Waals surface area (Å²) in [6.45, 7) is 0.244. The molecule has 4 aromatic rings. The molecular formula is C21H17F3N6. The first-order valence-corrected chi connectivity index (χ1v) is 9.09. The molecule has 152 valence electrons. The highest BCUT2D eigenvalue weighted by Gasteiger charge is 2.34. The Hall–Kier alpha value is -3.75. The lowest BCUT2D eigenvalue weighted by Crippen LogP contribution is -2.12. The maximum atomic E-state index is 13.4. The van der Waals surface area contributed by atoms with Gasteiger partial charge in [0.25, 0.3) is 0 Å². The SMILES string of the molecule is Cn1cc(CNc2cc(C(F)(F)F)nc(-c3ccccn3)n2)c(-c2ccccc2)n1. The first-order chi connectivity index (χ1) is 14.4. The second-order valence-corrected chi connectivity index (χ2v) is 6.57. The van der Waals surface area contributed by atoms with Crippen LogP contribution in [0.25, 0.3) is 22.8 Å². The minimum atomic E-state index is -4.60. The normalized spacial score (nSPS) is 11.5. The van der Waals surface area contributed by atoms with Crippen LogP contribution in [0.3, 0.4) is 0 Å². The van der Waals surface area contributed by atoms with Crippen LogP contribution in [0.15, 0.2) is 67.0 Å². The quantitative estimate of drug-likeness (QED) is 0.522. The number of alkyl halides is 3. The number of nitrogens with one attached hydrogen (secondary N) is 1. The second-order valence-electron chi connectivity index (χ2n) is 6.57. The van der Waals surface area contributed by atoms with Gasteiger partial charge in [-0.1, -0.05) is 36.4 Å². The van der Waals surface area contributed by atoms with Crippen LogP contribution in [-0.4, -0.2) is 24.7 Å². The molecule has 0 aliphatic heterocycles. The molecule has 3 aromatic heterocycles. The third-order valence-corrected chi connectivity index (χ3v) is 4.32. The number of anilines is 1. The van der Waals surface area contributed by atoms with Gasteiger partial charge in [-0.25, -0.2) is 9.97 Å². The summed E-state index contributed by atoms with van der Waals surface area (Å²) in [5, 5.41) is 7.44. The van der Waals surface area contributed by atoms with Crippen molar-refractivity contribution >= 4 is 5.82 Å². The largest absolute Gasteiger partial charge is 0.433 e. The number of nitrogens with zero attached hydrogens (tertiary/aromatic N) is 5. The van der Waals surface area contributed by atoms with Gasteiger partial charge in [0.1, 0.15) is 11.5 Å². The summed E-state index contributed by atoms with van der Waals surface area (Å²) in [4.78, 5) is 11.9. The summed E-state index contributed by atoms with van der Waals surface area (Å²) in [5.74, 6) is -0.0387. The number of aryl methyl sites for hydroxylation is 1. The van der Waals surface area contributed by atoms with Gasteiger partial charge in [-0.3, -0.25) is 9.67 Å². The molecule has 0 aliphatic rings. The zero-order valence-corrected chi connectivity index (χ0v) is 15.9. The molecule has 9 heteroatoms. The molecule has 0 radical (unpaired) electrons. The molecule has 1 N–H and O–H groups in total. The first kappa shape index (κ1) is 19.6. The topological polar surface area (TPSA) is 68.5 Å². The van der Waals surface area contributed by atoms with Gasteiger partial charge < -0.3 is 5.32 Å². The van der Waals surface area contributed by atoms with Crippen molar-refractivity contribution in [1.29, 1.82) is 0 Å². The van der Waals surface area contributed by atoms with Crippen molar-refractivity contribution in [2.24, 2.45) is 7.05 Å². The standard InChI is InChI=1S/C21H17F3N6/c1-30-13-15(19(29-30)14-7-3-2-4-8-14)12-26-18-11-17(21(22,23)24)27-20(28-18)16-9-5-6-10-25-16/h2-11,13H,12H2,1H3,(H,26,27,28). The highest BCUT2D eigenvalue weighted by Crippen LogP contribution is 2.31. The van der Waals surface area contributed by atoms with Gasteiger partial charge in [0.2, 0.25) is 0 Å². The van der Waals surface area contributed by atoms with E-state index in [-0.39, 0.29) is 23.9 Å². The van der Waals surface area contributed by atoms with Gasteiger partial charge in [-0.15, -0.1) is 0 Å². The molecular weight excluding hydrogens is 393 g/mol. The van der Waals surface area contributed by atoms with Crippen molar-refractivity contribution < 1.29 is 13.2 Å². The van der Waals surface area contributed by atoms with E-state index in [0.717, 1.165) is 22.9 Å². The third kappa shape index (κ3) is 4.29. The number of aromatic nitrogens is 5.